The highest BCUT2D eigenvalue weighted by molar-refractivity contribution is 6.51. The lowest BCUT2D eigenvalue weighted by Gasteiger charge is -2.27. The molecule has 1 aliphatic rings. The smallest absolute Gasteiger partial charge is 0.300 e. The van der Waals surface area contributed by atoms with Crippen molar-refractivity contribution < 1.29 is 29.0 Å². The predicted octanol–water partition coefficient (Wildman–Crippen LogP) is 5.07. The van der Waals surface area contributed by atoms with Gasteiger partial charge in [-0.2, -0.15) is 0 Å². The van der Waals surface area contributed by atoms with E-state index in [0.29, 0.717) is 34.0 Å². The van der Waals surface area contributed by atoms with Gasteiger partial charge in [-0.25, -0.2) is 0 Å². The Bertz CT molecular complexity index is 1380. The van der Waals surface area contributed by atoms with Crippen molar-refractivity contribution in [2.45, 2.75) is 32.9 Å². The number of rotatable bonds is 7. The van der Waals surface area contributed by atoms with Crippen LogP contribution in [-0.4, -0.2) is 35.9 Å². The van der Waals surface area contributed by atoms with Crippen molar-refractivity contribution in [3.8, 4) is 11.5 Å². The minimum Gasteiger partial charge on any atom is -0.507 e. The molecule has 190 valence electrons. The molecule has 0 bridgehead atoms. The fourth-order valence-electron chi connectivity index (χ4n) is 4.34. The quantitative estimate of drug-likeness (QED) is 0.267. The Morgan fingerprint density at radius 3 is 2.35 bits per heavy atom. The number of nitrogens with one attached hydrogen (secondary N) is 1. The fraction of sp³-hybridized carbons (Fsp3) is 0.207. The van der Waals surface area contributed by atoms with Gasteiger partial charge in [0, 0.05) is 29.4 Å². The van der Waals surface area contributed by atoms with Crippen LogP contribution < -0.4 is 19.7 Å². The Kier molecular flexibility index (Phi) is 7.29. The molecule has 2 amide bonds. The monoisotopic (exact) mass is 500 g/mol. The number of Topliss-reactive ketones (excluding diaryl/α,β-unsaturated/α-hetero) is 1. The van der Waals surface area contributed by atoms with Crippen molar-refractivity contribution >= 4 is 34.7 Å². The average molecular weight is 501 g/mol. The maximum absolute atomic E-state index is 13.4. The van der Waals surface area contributed by atoms with Gasteiger partial charge in [-0.3, -0.25) is 19.3 Å². The molecule has 1 atom stereocenters. The summed E-state index contributed by atoms with van der Waals surface area (Å²) in [5, 5.41) is 14.0. The van der Waals surface area contributed by atoms with Crippen molar-refractivity contribution in [2.75, 3.05) is 17.3 Å². The number of ether oxygens (including phenoxy) is 2. The number of nitrogens with zero attached hydrogens (tertiary/aromatic N) is 1. The summed E-state index contributed by atoms with van der Waals surface area (Å²) in [6.45, 7) is 5.19. The van der Waals surface area contributed by atoms with Crippen LogP contribution in [0.25, 0.3) is 5.76 Å². The van der Waals surface area contributed by atoms with E-state index in [4.69, 9.17) is 9.47 Å². The topological polar surface area (TPSA) is 105 Å². The summed E-state index contributed by atoms with van der Waals surface area (Å²) in [5.74, 6) is -1.17. The molecule has 3 aromatic rings. The summed E-state index contributed by atoms with van der Waals surface area (Å²) in [6, 6.07) is 19.3. The Labute approximate surface area is 215 Å². The molecule has 1 saturated heterocycles. The van der Waals surface area contributed by atoms with Crippen LogP contribution in [-0.2, 0) is 14.4 Å². The average Bonchev–Trinajstić information content (AvgIpc) is 3.13. The second kappa shape index (κ2) is 10.6. The van der Waals surface area contributed by atoms with Crippen LogP contribution in [0.15, 0.2) is 78.4 Å². The third-order valence-electron chi connectivity index (χ3n) is 5.82. The largest absolute Gasteiger partial charge is 0.507 e. The van der Waals surface area contributed by atoms with E-state index in [2.05, 4.69) is 5.32 Å². The van der Waals surface area contributed by atoms with E-state index in [1.807, 2.05) is 13.8 Å². The zero-order chi connectivity index (χ0) is 26.7. The minimum atomic E-state index is -0.977. The number of ketones is 1. The zero-order valence-electron chi connectivity index (χ0n) is 21.0. The molecule has 1 unspecified atom stereocenters. The predicted molar refractivity (Wildman–Crippen MR) is 141 cm³/mol. The van der Waals surface area contributed by atoms with Gasteiger partial charge in [0.25, 0.3) is 11.7 Å². The second-order valence-electron chi connectivity index (χ2n) is 8.83. The summed E-state index contributed by atoms with van der Waals surface area (Å²) >= 11 is 0. The van der Waals surface area contributed by atoms with Crippen molar-refractivity contribution in [2.24, 2.45) is 0 Å². The summed E-state index contributed by atoms with van der Waals surface area (Å²) < 4.78 is 11.2. The first-order valence-electron chi connectivity index (χ1n) is 11.8. The highest BCUT2D eigenvalue weighted by Crippen LogP contribution is 2.45. The molecular formula is C29H28N2O6. The van der Waals surface area contributed by atoms with Gasteiger partial charge in [0.1, 0.15) is 17.3 Å². The summed E-state index contributed by atoms with van der Waals surface area (Å²) in [7, 11) is 1.50. The van der Waals surface area contributed by atoms with Gasteiger partial charge in [-0.15, -0.1) is 0 Å². The van der Waals surface area contributed by atoms with Gasteiger partial charge in [-0.1, -0.05) is 24.3 Å². The van der Waals surface area contributed by atoms with E-state index in [0.717, 1.165) is 0 Å². The number of hydrogen-bond donors (Lipinski definition) is 2. The summed E-state index contributed by atoms with van der Waals surface area (Å²) in [4.78, 5) is 39.8. The molecule has 8 heteroatoms. The van der Waals surface area contributed by atoms with E-state index in [1.165, 1.54) is 18.9 Å². The van der Waals surface area contributed by atoms with Crippen LogP contribution in [0, 0.1) is 0 Å². The lowest BCUT2D eigenvalue weighted by molar-refractivity contribution is -0.132. The molecule has 0 aliphatic carbocycles. The number of carbonyl (C=O) groups excluding carboxylic acids is 3. The Morgan fingerprint density at radius 1 is 1.00 bits per heavy atom. The van der Waals surface area contributed by atoms with Crippen molar-refractivity contribution in [1.82, 2.24) is 0 Å². The Hall–Kier alpha value is -4.59. The highest BCUT2D eigenvalue weighted by Gasteiger charge is 2.48. The molecular weight excluding hydrogens is 472 g/mol. The molecule has 1 heterocycles. The number of benzene rings is 3. The molecule has 3 aromatic carbocycles. The molecule has 0 aromatic heterocycles. The number of hydrogen-bond acceptors (Lipinski definition) is 6. The van der Waals surface area contributed by atoms with Crippen molar-refractivity contribution in [3.63, 3.8) is 0 Å². The highest BCUT2D eigenvalue weighted by atomic mass is 16.5. The maximum atomic E-state index is 13.4. The molecule has 4 rings (SSSR count). The van der Waals surface area contributed by atoms with Gasteiger partial charge in [-0.05, 0) is 62.4 Å². The SMILES string of the molecule is COc1ccccc1C1/C(=C(\O)c2ccc(OC(C)C)cc2)C(=O)C(=O)N1c1cccc(NC(C)=O)c1. The molecule has 0 radical (unpaired) electrons. The maximum Gasteiger partial charge on any atom is 0.300 e. The van der Waals surface area contributed by atoms with Gasteiger partial charge >= 0.3 is 0 Å². The molecule has 8 nitrogen and oxygen atoms in total. The lowest BCUT2D eigenvalue weighted by Crippen LogP contribution is -2.29. The van der Waals surface area contributed by atoms with E-state index in [1.54, 1.807) is 72.8 Å². The molecule has 37 heavy (non-hydrogen) atoms. The number of para-hydroxylation sites is 1. The number of anilines is 2. The standard InChI is InChI=1S/C29H28N2O6/c1-17(2)37-22-14-12-19(13-15-22)27(33)25-26(23-10-5-6-11-24(23)36-4)31(29(35)28(25)34)21-9-7-8-20(16-21)30-18(3)32/h5-17,26,33H,1-4H3,(H,30,32)/b27-25+. The van der Waals surface area contributed by atoms with E-state index in [9.17, 15) is 19.5 Å². The van der Waals surface area contributed by atoms with Gasteiger partial charge in [0.2, 0.25) is 5.91 Å². The minimum absolute atomic E-state index is 0.0245. The van der Waals surface area contributed by atoms with Crippen LogP contribution in [0.3, 0.4) is 0 Å². The van der Waals surface area contributed by atoms with Crippen LogP contribution in [0.4, 0.5) is 11.4 Å². The fourth-order valence-corrected chi connectivity index (χ4v) is 4.34. The van der Waals surface area contributed by atoms with Gasteiger partial charge in [0.15, 0.2) is 0 Å². The first-order chi connectivity index (χ1) is 17.7. The second-order valence-corrected chi connectivity index (χ2v) is 8.83. The molecule has 0 saturated carbocycles. The first-order valence-corrected chi connectivity index (χ1v) is 11.8. The normalized spacial score (nSPS) is 16.7. The number of aliphatic hydroxyl groups excluding tert-OH is 1. The third-order valence-corrected chi connectivity index (χ3v) is 5.82. The Morgan fingerprint density at radius 2 is 1.70 bits per heavy atom. The van der Waals surface area contributed by atoms with E-state index < -0.39 is 17.7 Å². The summed E-state index contributed by atoms with van der Waals surface area (Å²) in [5.41, 5.74) is 1.66. The van der Waals surface area contributed by atoms with Gasteiger partial charge in [0.05, 0.1) is 24.8 Å². The zero-order valence-corrected chi connectivity index (χ0v) is 21.0. The summed E-state index contributed by atoms with van der Waals surface area (Å²) in [6.07, 6.45) is -0.0245. The lowest BCUT2D eigenvalue weighted by atomic mass is 9.94. The van der Waals surface area contributed by atoms with E-state index >= 15 is 0 Å². The number of methoxy groups -OCH3 is 1. The van der Waals surface area contributed by atoms with Crippen molar-refractivity contribution in [1.29, 1.82) is 0 Å². The number of aliphatic hydroxyl groups is 1. The van der Waals surface area contributed by atoms with Crippen LogP contribution >= 0.6 is 0 Å². The molecule has 1 fully saturated rings. The van der Waals surface area contributed by atoms with Gasteiger partial charge < -0.3 is 19.9 Å². The molecule has 2 N–H and O–H groups in total. The van der Waals surface area contributed by atoms with Crippen LogP contribution in [0.5, 0.6) is 11.5 Å². The molecule has 0 spiro atoms. The van der Waals surface area contributed by atoms with Crippen LogP contribution in [0.1, 0.15) is 37.9 Å². The number of amides is 2. The van der Waals surface area contributed by atoms with Crippen molar-refractivity contribution in [3.05, 3.63) is 89.5 Å². The molecule has 1 aliphatic heterocycles. The van der Waals surface area contributed by atoms with Crippen LogP contribution in [0.2, 0.25) is 0 Å². The number of carbonyl (C=O) groups is 3. The first kappa shape index (κ1) is 25.5. The van der Waals surface area contributed by atoms with E-state index in [-0.39, 0.29) is 23.3 Å². The Balaban J connectivity index is 1.89. The third kappa shape index (κ3) is 5.18.